The summed E-state index contributed by atoms with van der Waals surface area (Å²) in [7, 11) is 0. The zero-order valence-corrected chi connectivity index (χ0v) is 21.8. The fourth-order valence-corrected chi connectivity index (χ4v) is 6.76. The Morgan fingerprint density at radius 3 is 2.15 bits per heavy atom. The molecule has 8 rings (SSSR count). The summed E-state index contributed by atoms with van der Waals surface area (Å²) in [4.78, 5) is 0. The molecule has 0 unspecified atom stereocenters. The average Bonchev–Trinajstić information content (AvgIpc) is 2.97. The molecular weight excluding hydrogens is 496 g/mol. The van der Waals surface area contributed by atoms with Crippen molar-refractivity contribution in [2.24, 2.45) is 0 Å². The van der Waals surface area contributed by atoms with Gasteiger partial charge in [-0.05, 0) is 84.4 Å². The highest BCUT2D eigenvalue weighted by atomic mass is 35.5. The molecule has 0 radical (unpaired) electrons. The van der Waals surface area contributed by atoms with Crippen LogP contribution in [0.25, 0.3) is 65.0 Å². The Morgan fingerprint density at radius 2 is 1.26 bits per heavy atom. The number of phenols is 1. The van der Waals surface area contributed by atoms with E-state index >= 15 is 0 Å². The molecule has 2 heteroatoms. The van der Waals surface area contributed by atoms with Crippen molar-refractivity contribution in [1.82, 2.24) is 0 Å². The van der Waals surface area contributed by atoms with E-state index in [2.05, 4.69) is 109 Å². The first-order valence-corrected chi connectivity index (χ1v) is 13.6. The van der Waals surface area contributed by atoms with Crippen LogP contribution in [0.5, 0.6) is 5.75 Å². The Hall–Kier alpha value is -4.59. The van der Waals surface area contributed by atoms with Crippen molar-refractivity contribution in [1.29, 1.82) is 0 Å². The second kappa shape index (κ2) is 8.46. The van der Waals surface area contributed by atoms with E-state index in [-0.39, 0.29) is 0 Å². The second-order valence-corrected chi connectivity index (χ2v) is 10.8. The largest absolute Gasteiger partial charge is 0.507 e. The maximum absolute atomic E-state index is 11.1. The van der Waals surface area contributed by atoms with Crippen molar-refractivity contribution in [2.45, 2.75) is 6.42 Å². The van der Waals surface area contributed by atoms with Crippen molar-refractivity contribution >= 4 is 65.5 Å². The van der Waals surface area contributed by atoms with Crippen LogP contribution in [0.1, 0.15) is 11.1 Å². The number of hydrogen-bond acceptors (Lipinski definition) is 1. The number of halogens is 1. The van der Waals surface area contributed by atoms with Gasteiger partial charge in [0.15, 0.2) is 0 Å². The molecule has 0 atom stereocenters. The number of fused-ring (bicyclic) bond motifs is 2. The van der Waals surface area contributed by atoms with Gasteiger partial charge in [0, 0.05) is 21.4 Å². The Balaban J connectivity index is 1.51. The molecular formula is C37H23ClO. The van der Waals surface area contributed by atoms with Gasteiger partial charge in [-0.2, -0.15) is 0 Å². The third-order valence-corrected chi connectivity index (χ3v) is 8.51. The second-order valence-electron chi connectivity index (χ2n) is 10.4. The molecule has 8 aromatic rings. The van der Waals surface area contributed by atoms with Gasteiger partial charge in [0.05, 0.1) is 0 Å². The topological polar surface area (TPSA) is 20.2 Å². The quantitative estimate of drug-likeness (QED) is 0.182. The predicted molar refractivity (Wildman–Crippen MR) is 167 cm³/mol. The third-order valence-electron chi connectivity index (χ3n) is 8.19. The molecule has 0 aromatic heterocycles. The van der Waals surface area contributed by atoms with E-state index < -0.39 is 0 Å². The first kappa shape index (κ1) is 22.4. The van der Waals surface area contributed by atoms with Crippen molar-refractivity contribution in [3.63, 3.8) is 0 Å². The van der Waals surface area contributed by atoms with E-state index in [1.165, 1.54) is 27.3 Å². The van der Waals surface area contributed by atoms with Crippen LogP contribution in [0.4, 0.5) is 0 Å². The Labute approximate surface area is 230 Å². The molecule has 184 valence electrons. The molecule has 0 aliphatic heterocycles. The highest BCUT2D eigenvalue weighted by Gasteiger charge is 2.20. The molecule has 0 amide bonds. The van der Waals surface area contributed by atoms with Gasteiger partial charge in [-0.25, -0.2) is 0 Å². The van der Waals surface area contributed by atoms with Gasteiger partial charge in [-0.3, -0.25) is 0 Å². The molecule has 0 saturated carbocycles. The summed E-state index contributed by atoms with van der Waals surface area (Å²) in [5, 5.41) is 23.1. The Morgan fingerprint density at radius 1 is 0.513 bits per heavy atom. The van der Waals surface area contributed by atoms with E-state index in [0.717, 1.165) is 60.3 Å². The van der Waals surface area contributed by atoms with Crippen LogP contribution in [-0.2, 0) is 6.42 Å². The van der Waals surface area contributed by atoms with Gasteiger partial charge in [-0.1, -0.05) is 115 Å². The predicted octanol–water partition coefficient (Wildman–Crippen LogP) is 10.5. The van der Waals surface area contributed by atoms with Crippen molar-refractivity contribution < 1.29 is 5.11 Å². The lowest BCUT2D eigenvalue weighted by atomic mass is 9.85. The van der Waals surface area contributed by atoms with Crippen LogP contribution >= 0.6 is 11.6 Å². The molecule has 0 fully saturated rings. The zero-order chi connectivity index (χ0) is 26.1. The SMILES string of the molecule is Oc1cccc2cc3ccccc3c(-c3ccc4c(Cl)cc5ccc(Cc6ccccc6)c6ccc3c4c56)c12. The van der Waals surface area contributed by atoms with E-state index in [9.17, 15) is 5.11 Å². The third kappa shape index (κ3) is 3.34. The summed E-state index contributed by atoms with van der Waals surface area (Å²) in [5.74, 6) is 0.294. The lowest BCUT2D eigenvalue weighted by Crippen LogP contribution is -1.94. The highest BCUT2D eigenvalue weighted by molar-refractivity contribution is 6.40. The molecule has 8 aromatic carbocycles. The fraction of sp³-hybridized carbons (Fsp3) is 0.0270. The van der Waals surface area contributed by atoms with Gasteiger partial charge in [0.2, 0.25) is 0 Å². The minimum absolute atomic E-state index is 0.294. The first-order chi connectivity index (χ1) is 19.2. The number of benzene rings is 8. The molecule has 39 heavy (non-hydrogen) atoms. The summed E-state index contributed by atoms with van der Waals surface area (Å²) in [5.41, 5.74) is 4.76. The molecule has 0 aliphatic carbocycles. The van der Waals surface area contributed by atoms with Gasteiger partial charge in [-0.15, -0.1) is 0 Å². The normalized spacial score (nSPS) is 11.9. The molecule has 0 bridgehead atoms. The maximum atomic E-state index is 11.1. The number of hydrogen-bond donors (Lipinski definition) is 1. The molecule has 1 N–H and O–H groups in total. The zero-order valence-electron chi connectivity index (χ0n) is 21.1. The molecule has 0 heterocycles. The average molecular weight is 519 g/mol. The first-order valence-electron chi connectivity index (χ1n) is 13.2. The van der Waals surface area contributed by atoms with Crippen LogP contribution in [0, 0.1) is 0 Å². The monoisotopic (exact) mass is 518 g/mol. The Kier molecular flexibility index (Phi) is 4.86. The van der Waals surface area contributed by atoms with Crippen LogP contribution in [0.3, 0.4) is 0 Å². The van der Waals surface area contributed by atoms with E-state index in [4.69, 9.17) is 11.6 Å². The van der Waals surface area contributed by atoms with E-state index in [1.54, 1.807) is 6.07 Å². The van der Waals surface area contributed by atoms with Crippen LogP contribution in [0.2, 0.25) is 5.02 Å². The van der Waals surface area contributed by atoms with Crippen LogP contribution in [0.15, 0.2) is 121 Å². The van der Waals surface area contributed by atoms with Gasteiger partial charge >= 0.3 is 0 Å². The van der Waals surface area contributed by atoms with Crippen LogP contribution in [-0.4, -0.2) is 5.11 Å². The summed E-state index contributed by atoms with van der Waals surface area (Å²) in [6.07, 6.45) is 0.872. The molecule has 0 saturated heterocycles. The standard InChI is InChI=1S/C37H23ClO/c38-32-21-26-14-13-24(19-22-7-2-1-3-8-22)28-15-16-30-29(17-18-31(32)37(30)34(26)28)36-27-11-5-4-9-23(27)20-25-10-6-12-33(39)35(25)36/h1-18,20-21,39H,19H2. The summed E-state index contributed by atoms with van der Waals surface area (Å²) < 4.78 is 0. The lowest BCUT2D eigenvalue weighted by Gasteiger charge is -2.19. The van der Waals surface area contributed by atoms with Gasteiger partial charge < -0.3 is 5.11 Å². The van der Waals surface area contributed by atoms with Crippen molar-refractivity contribution in [3.05, 3.63) is 137 Å². The van der Waals surface area contributed by atoms with Gasteiger partial charge in [0.1, 0.15) is 5.75 Å². The molecule has 0 spiro atoms. The smallest absolute Gasteiger partial charge is 0.124 e. The van der Waals surface area contributed by atoms with Gasteiger partial charge in [0.25, 0.3) is 0 Å². The molecule has 1 nitrogen and oxygen atoms in total. The van der Waals surface area contributed by atoms with Crippen molar-refractivity contribution in [2.75, 3.05) is 0 Å². The summed E-state index contributed by atoms with van der Waals surface area (Å²) in [6, 6.07) is 42.4. The number of phenolic OH excluding ortho intramolecular Hbond substituents is 1. The molecule has 0 aliphatic rings. The maximum Gasteiger partial charge on any atom is 0.124 e. The minimum atomic E-state index is 0.294. The van der Waals surface area contributed by atoms with E-state index in [0.29, 0.717) is 5.75 Å². The summed E-state index contributed by atoms with van der Waals surface area (Å²) >= 11 is 6.90. The Bertz CT molecular complexity index is 2210. The van der Waals surface area contributed by atoms with Crippen molar-refractivity contribution in [3.8, 4) is 16.9 Å². The minimum Gasteiger partial charge on any atom is -0.507 e. The fourth-order valence-electron chi connectivity index (χ4n) is 6.48. The van der Waals surface area contributed by atoms with Crippen LogP contribution < -0.4 is 0 Å². The van der Waals surface area contributed by atoms with E-state index in [1.807, 2.05) is 6.07 Å². The highest BCUT2D eigenvalue weighted by Crippen LogP contribution is 2.47. The summed E-state index contributed by atoms with van der Waals surface area (Å²) in [6.45, 7) is 0. The lowest BCUT2D eigenvalue weighted by molar-refractivity contribution is 0.482. The number of aromatic hydroxyl groups is 1. The number of rotatable bonds is 3.